The molecule has 14 nitrogen and oxygen atoms in total. The number of aliphatic hydroxyl groups excluding tert-OH is 1. The number of unbranched alkanes of at least 4 members (excludes halogenated alkanes) is 3. The third-order valence-electron chi connectivity index (χ3n) is 7.83. The number of carbonyl (C=O) groups is 6. The van der Waals surface area contributed by atoms with Crippen LogP contribution in [-0.4, -0.2) is 112 Å². The van der Waals surface area contributed by atoms with Gasteiger partial charge < -0.3 is 34.3 Å². The van der Waals surface area contributed by atoms with Crippen molar-refractivity contribution < 1.29 is 66.0 Å². The fraction of sp³-hybridized carbons (Fsp3) is 0.771. The zero-order valence-electron chi connectivity index (χ0n) is 31.1. The molecule has 0 aromatic rings. The summed E-state index contributed by atoms with van der Waals surface area (Å²) < 4.78 is 60.6. The third kappa shape index (κ3) is 12.6. The second-order valence-electron chi connectivity index (χ2n) is 14.7. The molecule has 4 amide bonds. The number of alkyl halides is 3. The van der Waals surface area contributed by atoms with E-state index in [9.17, 15) is 47.0 Å². The number of carbonyl (C=O) groups excluding carboxylic acids is 6. The van der Waals surface area contributed by atoms with Crippen LogP contribution in [0.1, 0.15) is 107 Å². The van der Waals surface area contributed by atoms with Crippen LogP contribution >= 0.6 is 0 Å². The van der Waals surface area contributed by atoms with Gasteiger partial charge in [0.15, 0.2) is 5.54 Å². The molecule has 1 saturated heterocycles. The van der Waals surface area contributed by atoms with Crippen molar-refractivity contribution in [1.29, 1.82) is 0 Å². The molecule has 0 radical (unpaired) electrons. The third-order valence-corrected chi connectivity index (χ3v) is 7.83. The highest BCUT2D eigenvalue weighted by Gasteiger charge is 2.70. The van der Waals surface area contributed by atoms with Crippen LogP contribution in [0, 0.1) is 17.8 Å². The minimum atomic E-state index is -5.26. The zero-order valence-corrected chi connectivity index (χ0v) is 31.1. The quantitative estimate of drug-likeness (QED) is 0.118. The Morgan fingerprint density at radius 2 is 1.54 bits per heavy atom. The summed E-state index contributed by atoms with van der Waals surface area (Å²) in [7, 11) is 0. The van der Waals surface area contributed by atoms with Crippen molar-refractivity contribution in [1.82, 2.24) is 15.1 Å². The van der Waals surface area contributed by atoms with Crippen LogP contribution in [-0.2, 0) is 38.1 Å². The van der Waals surface area contributed by atoms with Crippen molar-refractivity contribution in [2.75, 3.05) is 19.8 Å². The van der Waals surface area contributed by atoms with Crippen molar-refractivity contribution >= 4 is 35.9 Å². The predicted octanol–water partition coefficient (Wildman–Crippen LogP) is 4.40. The normalized spacial score (nSPS) is 21.9. The van der Waals surface area contributed by atoms with E-state index in [0.29, 0.717) is 24.2 Å². The van der Waals surface area contributed by atoms with Crippen LogP contribution < -0.4 is 5.32 Å². The first kappa shape index (κ1) is 44.1. The molecule has 5 atom stereocenters. The van der Waals surface area contributed by atoms with Gasteiger partial charge in [-0.2, -0.15) is 18.1 Å². The lowest BCUT2D eigenvalue weighted by molar-refractivity contribution is -0.175. The molecule has 1 aliphatic heterocycles. The van der Waals surface area contributed by atoms with Gasteiger partial charge in [0, 0.05) is 25.8 Å². The van der Waals surface area contributed by atoms with E-state index in [0.717, 1.165) is 4.90 Å². The number of aliphatic hydroxyl groups is 1. The van der Waals surface area contributed by atoms with E-state index in [-0.39, 0.29) is 51.9 Å². The predicted molar refractivity (Wildman–Crippen MR) is 178 cm³/mol. The minimum Gasteiger partial charge on any atom is -0.464 e. The van der Waals surface area contributed by atoms with Gasteiger partial charge in [-0.1, -0.05) is 25.7 Å². The maximum atomic E-state index is 13.4. The zero-order chi connectivity index (χ0) is 39.7. The number of likely N-dealkylation sites (tertiary alicyclic amines) is 1. The number of nitrogens with zero attached hydrogens (tertiary/aromatic N) is 2. The summed E-state index contributed by atoms with van der Waals surface area (Å²) in [5.41, 5.74) is -3.82. The van der Waals surface area contributed by atoms with Crippen molar-refractivity contribution in [2.24, 2.45) is 5.92 Å². The van der Waals surface area contributed by atoms with Gasteiger partial charge in [-0.3, -0.25) is 9.59 Å². The summed E-state index contributed by atoms with van der Waals surface area (Å²) in [4.78, 5) is 79.1. The van der Waals surface area contributed by atoms with Gasteiger partial charge in [0.1, 0.15) is 23.3 Å². The second-order valence-corrected chi connectivity index (χ2v) is 14.7. The number of hydrogen-bond acceptors (Lipinski definition) is 11. The number of rotatable bonds is 13. The number of imide groups is 1. The summed E-state index contributed by atoms with van der Waals surface area (Å²) in [5.74, 6) is 0.109. The Morgan fingerprint density at radius 3 is 2.06 bits per heavy atom. The molecular weight excluding hydrogens is 695 g/mol. The van der Waals surface area contributed by atoms with E-state index >= 15 is 0 Å². The minimum absolute atomic E-state index is 0.0296. The van der Waals surface area contributed by atoms with Crippen molar-refractivity contribution in [3.8, 4) is 11.8 Å². The molecule has 2 N–H and O–H groups in total. The molecule has 0 aromatic carbocycles. The summed E-state index contributed by atoms with van der Waals surface area (Å²) >= 11 is 0. The summed E-state index contributed by atoms with van der Waals surface area (Å²) in [6.07, 6.45) is -7.28. The summed E-state index contributed by atoms with van der Waals surface area (Å²) in [6, 6.07) is -2.84. The highest BCUT2D eigenvalue weighted by molar-refractivity contribution is 5.99. The average molecular weight is 748 g/mol. The van der Waals surface area contributed by atoms with E-state index in [1.807, 2.05) is 0 Å². The first-order chi connectivity index (χ1) is 24.0. The number of amides is 4. The molecule has 1 saturated carbocycles. The largest absolute Gasteiger partial charge is 0.471 e. The monoisotopic (exact) mass is 747 g/mol. The van der Waals surface area contributed by atoms with Crippen molar-refractivity contribution in [3.63, 3.8) is 0 Å². The van der Waals surface area contributed by atoms with E-state index < -0.39 is 83.0 Å². The topological polar surface area (TPSA) is 178 Å². The SMILES string of the molecule is CCCOC(=O)[C@@H]1C[C@@H](O)CN1C(=O)[C@H](CCCCCC#C[C@@H]1C[C@@]1(C(=O)OCC)N(C(=O)OC(C)(C)C)C(=O)OC(C)(C)C)NC(=O)C(F)(F)F. The number of ether oxygens (including phenoxy) is 4. The molecular formula is C35H52F3N3O11. The van der Waals surface area contributed by atoms with Gasteiger partial charge in [-0.25, -0.2) is 19.2 Å². The smallest absolute Gasteiger partial charge is 0.464 e. The van der Waals surface area contributed by atoms with Gasteiger partial charge >= 0.3 is 36.2 Å². The fourth-order valence-electron chi connectivity index (χ4n) is 5.47. The van der Waals surface area contributed by atoms with Gasteiger partial charge in [-0.15, -0.1) is 5.92 Å². The van der Waals surface area contributed by atoms with Crippen LogP contribution in [0.4, 0.5) is 22.8 Å². The second kappa shape index (κ2) is 18.1. The van der Waals surface area contributed by atoms with Crippen LogP contribution in [0.2, 0.25) is 0 Å². The number of halogens is 3. The molecule has 0 unspecified atom stereocenters. The lowest BCUT2D eigenvalue weighted by Gasteiger charge is -2.32. The van der Waals surface area contributed by atoms with E-state index in [2.05, 4.69) is 11.8 Å². The van der Waals surface area contributed by atoms with E-state index in [1.165, 1.54) is 0 Å². The summed E-state index contributed by atoms with van der Waals surface area (Å²) in [6.45, 7) is 12.6. The Bertz CT molecular complexity index is 1350. The molecule has 1 aliphatic carbocycles. The molecule has 2 rings (SSSR count). The molecule has 0 aromatic heterocycles. The Hall–Kier alpha value is -4.07. The van der Waals surface area contributed by atoms with Gasteiger partial charge in [0.05, 0.1) is 25.2 Å². The molecule has 0 bridgehead atoms. The Balaban J connectivity index is 2.15. The number of β-amino-alcohol motifs (C(OH)–C–C–N with tert-alkyl or cyclic N) is 1. The number of hydrogen-bond donors (Lipinski definition) is 2. The first-order valence-corrected chi connectivity index (χ1v) is 17.4. The van der Waals surface area contributed by atoms with Crippen LogP contribution in [0.5, 0.6) is 0 Å². The average Bonchev–Trinajstić information content (AvgIpc) is 3.57. The highest BCUT2D eigenvalue weighted by atomic mass is 19.4. The van der Waals surface area contributed by atoms with Crippen molar-refractivity contribution in [3.05, 3.63) is 0 Å². The van der Waals surface area contributed by atoms with Crippen LogP contribution in [0.3, 0.4) is 0 Å². The maximum Gasteiger partial charge on any atom is 0.471 e. The standard InChI is InChI=1S/C35H52F3N3O11/c1-9-18-50-27(44)25-19-23(42)21-40(25)26(43)24(39-28(45)35(36,37)38)17-15-13-11-12-14-16-22-20-34(22,29(46)49-10-2)41(30(47)51-32(3,4)5)31(48)52-33(6,7)8/h22-25,42H,9-13,15,17-21H2,1-8H3,(H,39,45)/t22-,23-,24+,25+,34-/m1/s1. The Kier molecular flexibility index (Phi) is 15.4. The van der Waals surface area contributed by atoms with Crippen LogP contribution in [0.25, 0.3) is 0 Å². The molecule has 294 valence electrons. The summed E-state index contributed by atoms with van der Waals surface area (Å²) in [5, 5.41) is 11.9. The van der Waals surface area contributed by atoms with Gasteiger partial charge in [-0.05, 0) is 67.7 Å². The molecule has 2 aliphatic rings. The molecule has 17 heteroatoms. The highest BCUT2D eigenvalue weighted by Crippen LogP contribution is 2.50. The van der Waals surface area contributed by atoms with E-state index in [1.54, 1.807) is 60.7 Å². The molecule has 1 heterocycles. The van der Waals surface area contributed by atoms with Crippen molar-refractivity contribution in [2.45, 2.75) is 148 Å². The number of nitrogens with one attached hydrogen (secondary N) is 1. The number of esters is 2. The fourth-order valence-corrected chi connectivity index (χ4v) is 5.47. The lowest BCUT2D eigenvalue weighted by atomic mass is 10.0. The lowest BCUT2D eigenvalue weighted by Crippen LogP contribution is -2.55. The molecule has 2 fully saturated rings. The van der Waals surface area contributed by atoms with Gasteiger partial charge in [0.2, 0.25) is 5.91 Å². The molecule has 52 heavy (non-hydrogen) atoms. The van der Waals surface area contributed by atoms with Crippen LogP contribution in [0.15, 0.2) is 0 Å². The van der Waals surface area contributed by atoms with E-state index in [4.69, 9.17) is 18.9 Å². The maximum absolute atomic E-state index is 13.4. The van der Waals surface area contributed by atoms with Gasteiger partial charge in [0.25, 0.3) is 0 Å². The Labute approximate surface area is 302 Å². The first-order valence-electron chi connectivity index (χ1n) is 17.4. The molecule has 0 spiro atoms. The Morgan fingerprint density at radius 1 is 0.942 bits per heavy atom.